The van der Waals surface area contributed by atoms with Gasteiger partial charge in [0.1, 0.15) is 24.2 Å². The zero-order chi connectivity index (χ0) is 26.4. The molecule has 36 heavy (non-hydrogen) atoms. The van der Waals surface area contributed by atoms with E-state index in [0.29, 0.717) is 51.6 Å². The summed E-state index contributed by atoms with van der Waals surface area (Å²) in [5.41, 5.74) is 6.97. The third-order valence-corrected chi connectivity index (χ3v) is 6.95. The molecule has 0 saturated carbocycles. The predicted molar refractivity (Wildman–Crippen MR) is 133 cm³/mol. The van der Waals surface area contributed by atoms with E-state index in [1.165, 1.54) is 9.80 Å². The van der Waals surface area contributed by atoms with Gasteiger partial charge >= 0.3 is 5.97 Å². The predicted octanol–water partition coefficient (Wildman–Crippen LogP) is 0.515. The van der Waals surface area contributed by atoms with Crippen molar-refractivity contribution in [2.75, 3.05) is 13.1 Å². The van der Waals surface area contributed by atoms with Crippen molar-refractivity contribution in [1.29, 1.82) is 0 Å². The number of aliphatic carboxylic acids is 1. The van der Waals surface area contributed by atoms with Crippen LogP contribution in [-0.4, -0.2) is 87.1 Å². The van der Waals surface area contributed by atoms with Crippen LogP contribution in [0.2, 0.25) is 0 Å². The molecule has 1 aromatic rings. The van der Waals surface area contributed by atoms with Crippen molar-refractivity contribution < 1.29 is 29.4 Å². The minimum atomic E-state index is -1.51. The van der Waals surface area contributed by atoms with Crippen LogP contribution in [0.4, 0.5) is 0 Å². The van der Waals surface area contributed by atoms with E-state index in [2.05, 4.69) is 5.32 Å². The number of aliphatic hydroxyl groups is 1. The zero-order valence-corrected chi connectivity index (χ0v) is 21.0. The maximum Gasteiger partial charge on any atom is 0.326 e. The number of aliphatic hydroxyl groups excluding tert-OH is 1. The highest BCUT2D eigenvalue weighted by Gasteiger charge is 2.43. The number of nitrogens with one attached hydrogen (secondary N) is 1. The number of nitrogens with zero attached hydrogens (tertiary/aromatic N) is 2. The number of carboxylic acid groups (broad SMARTS) is 1. The minimum Gasteiger partial charge on any atom is -0.480 e. The molecule has 0 radical (unpaired) electrons. The number of benzene rings is 1. The van der Waals surface area contributed by atoms with E-state index in [1.807, 2.05) is 44.2 Å². The molecule has 2 fully saturated rings. The Morgan fingerprint density at radius 1 is 1.03 bits per heavy atom. The van der Waals surface area contributed by atoms with Crippen LogP contribution in [0.1, 0.15) is 51.5 Å². The molecule has 2 aliphatic rings. The number of carboxylic acids is 1. The monoisotopic (exact) mass is 502 g/mol. The van der Waals surface area contributed by atoms with E-state index >= 15 is 0 Å². The van der Waals surface area contributed by atoms with Crippen LogP contribution < -0.4 is 11.1 Å². The largest absolute Gasteiger partial charge is 0.480 e. The van der Waals surface area contributed by atoms with Crippen LogP contribution in [0.5, 0.6) is 0 Å². The number of carbonyl (C=O) groups is 4. The summed E-state index contributed by atoms with van der Waals surface area (Å²) < 4.78 is 0. The van der Waals surface area contributed by atoms with E-state index in [1.54, 1.807) is 0 Å². The summed E-state index contributed by atoms with van der Waals surface area (Å²) in [6.07, 6.45) is 1.17. The molecule has 10 nitrogen and oxygen atoms in total. The second-order valence-corrected chi connectivity index (χ2v) is 10.2. The van der Waals surface area contributed by atoms with Gasteiger partial charge in [-0.25, -0.2) is 4.79 Å². The Hall–Kier alpha value is -2.98. The fourth-order valence-corrected chi connectivity index (χ4v) is 5.11. The molecule has 3 amide bonds. The number of hydrogen-bond donors (Lipinski definition) is 4. The highest BCUT2D eigenvalue weighted by Crippen LogP contribution is 2.26. The van der Waals surface area contributed by atoms with Crippen molar-refractivity contribution in [3.8, 4) is 0 Å². The first-order valence-electron chi connectivity index (χ1n) is 12.7. The Balaban J connectivity index is 1.69. The van der Waals surface area contributed by atoms with Gasteiger partial charge in [0.2, 0.25) is 11.8 Å². The Morgan fingerprint density at radius 2 is 1.64 bits per heavy atom. The smallest absolute Gasteiger partial charge is 0.326 e. The maximum absolute atomic E-state index is 13.6. The average molecular weight is 503 g/mol. The zero-order valence-electron chi connectivity index (χ0n) is 21.0. The van der Waals surface area contributed by atoms with Gasteiger partial charge < -0.3 is 31.1 Å². The van der Waals surface area contributed by atoms with Gasteiger partial charge in [0, 0.05) is 19.1 Å². The van der Waals surface area contributed by atoms with Crippen molar-refractivity contribution in [3.63, 3.8) is 0 Å². The van der Waals surface area contributed by atoms with Gasteiger partial charge in [0.25, 0.3) is 5.91 Å². The summed E-state index contributed by atoms with van der Waals surface area (Å²) in [6.45, 7) is 4.53. The number of hydrogen-bond acceptors (Lipinski definition) is 6. The number of amides is 3. The molecule has 5 N–H and O–H groups in total. The fraction of sp³-hybridized carbons (Fsp3) is 0.615. The van der Waals surface area contributed by atoms with Crippen LogP contribution in [0, 0.1) is 5.92 Å². The lowest BCUT2D eigenvalue weighted by molar-refractivity contribution is -0.152. The second-order valence-electron chi connectivity index (χ2n) is 10.2. The van der Waals surface area contributed by atoms with Crippen molar-refractivity contribution in [2.45, 2.75) is 82.6 Å². The van der Waals surface area contributed by atoms with Crippen molar-refractivity contribution in [1.82, 2.24) is 15.1 Å². The topological polar surface area (TPSA) is 153 Å². The van der Waals surface area contributed by atoms with E-state index in [9.17, 15) is 29.4 Å². The van der Waals surface area contributed by atoms with Crippen molar-refractivity contribution >= 4 is 23.7 Å². The van der Waals surface area contributed by atoms with Crippen molar-refractivity contribution in [2.24, 2.45) is 11.7 Å². The summed E-state index contributed by atoms with van der Waals surface area (Å²) in [4.78, 5) is 54.1. The van der Waals surface area contributed by atoms with E-state index < -0.39 is 48.1 Å². The van der Waals surface area contributed by atoms with Gasteiger partial charge in [-0.05, 0) is 50.0 Å². The van der Waals surface area contributed by atoms with Gasteiger partial charge in [0.05, 0.1) is 0 Å². The van der Waals surface area contributed by atoms with E-state index in [4.69, 9.17) is 5.73 Å². The summed E-state index contributed by atoms with van der Waals surface area (Å²) in [7, 11) is 0. The molecule has 0 aromatic heterocycles. The van der Waals surface area contributed by atoms with Gasteiger partial charge in [-0.1, -0.05) is 44.2 Å². The molecule has 5 atom stereocenters. The standard InChI is InChI=1S/C26H38N4O6/c1-16(2)14-19(28-23(32)22(31)18(27)15-17-8-4-3-5-9-17)24(33)29-12-6-10-20(29)25(34)30-13-7-11-21(30)26(35)36/h3-5,8-9,16,18-22,31H,6-7,10-15,27H2,1-2H3,(H,28,32)(H,35,36)/t18?,19-,20-,21-,22?/m0/s1. The molecule has 2 unspecified atom stereocenters. The van der Waals surface area contributed by atoms with Crippen LogP contribution in [-0.2, 0) is 25.6 Å². The molecular formula is C26H38N4O6. The van der Waals surface area contributed by atoms with Crippen LogP contribution in [0.3, 0.4) is 0 Å². The SMILES string of the molecule is CC(C)C[C@H](NC(=O)C(O)C(N)Cc1ccccc1)C(=O)N1CCC[C@H]1C(=O)N1CCC[C@H]1C(=O)O. The molecule has 0 bridgehead atoms. The van der Waals surface area contributed by atoms with Gasteiger partial charge in [-0.2, -0.15) is 0 Å². The molecule has 2 heterocycles. The fourth-order valence-electron chi connectivity index (χ4n) is 5.11. The van der Waals surface area contributed by atoms with Gasteiger partial charge in [-0.3, -0.25) is 14.4 Å². The quantitative estimate of drug-likeness (QED) is 0.364. The summed E-state index contributed by atoms with van der Waals surface area (Å²) >= 11 is 0. The van der Waals surface area contributed by atoms with E-state index in [-0.39, 0.29) is 11.8 Å². The first-order valence-corrected chi connectivity index (χ1v) is 12.7. The Morgan fingerprint density at radius 3 is 2.25 bits per heavy atom. The Labute approximate surface area is 211 Å². The normalized spacial score (nSPS) is 22.4. The van der Waals surface area contributed by atoms with Crippen molar-refractivity contribution in [3.05, 3.63) is 35.9 Å². The summed E-state index contributed by atoms with van der Waals surface area (Å²) in [5.74, 6) is -2.47. The van der Waals surface area contributed by atoms with Crippen LogP contribution >= 0.6 is 0 Å². The first-order chi connectivity index (χ1) is 17.1. The molecule has 2 aliphatic heterocycles. The molecule has 0 spiro atoms. The highest BCUT2D eigenvalue weighted by atomic mass is 16.4. The summed E-state index contributed by atoms with van der Waals surface area (Å²) in [5, 5.41) is 22.7. The Kier molecular flexibility index (Phi) is 9.44. The van der Waals surface area contributed by atoms with Gasteiger partial charge in [-0.15, -0.1) is 0 Å². The number of carbonyl (C=O) groups excluding carboxylic acids is 3. The van der Waals surface area contributed by atoms with Crippen LogP contribution in [0.15, 0.2) is 30.3 Å². The average Bonchev–Trinajstić information content (AvgIpc) is 3.52. The number of likely N-dealkylation sites (tertiary alicyclic amines) is 2. The first kappa shape index (κ1) is 27.6. The third kappa shape index (κ3) is 6.61. The highest BCUT2D eigenvalue weighted by molar-refractivity contribution is 5.94. The van der Waals surface area contributed by atoms with Gasteiger partial charge in [0.15, 0.2) is 0 Å². The lowest BCUT2D eigenvalue weighted by atomic mass is 9.99. The van der Waals surface area contributed by atoms with E-state index in [0.717, 1.165) is 5.56 Å². The lowest BCUT2D eigenvalue weighted by Gasteiger charge is -2.33. The summed E-state index contributed by atoms with van der Waals surface area (Å²) in [6, 6.07) is 5.86. The second kappa shape index (κ2) is 12.3. The molecule has 0 aliphatic carbocycles. The number of rotatable bonds is 10. The maximum atomic E-state index is 13.6. The molecule has 3 rings (SSSR count). The number of nitrogens with two attached hydrogens (primary N) is 1. The van der Waals surface area contributed by atoms with Crippen LogP contribution in [0.25, 0.3) is 0 Å². The lowest BCUT2D eigenvalue weighted by Crippen LogP contribution is -2.57. The molecule has 2 saturated heterocycles. The minimum absolute atomic E-state index is 0.0566. The Bertz CT molecular complexity index is 940. The molecule has 198 valence electrons. The molecule has 1 aromatic carbocycles. The third-order valence-electron chi connectivity index (χ3n) is 6.95. The molecular weight excluding hydrogens is 464 g/mol. The molecule has 10 heteroatoms.